The highest BCUT2D eigenvalue weighted by atomic mass is 35.5. The normalized spacial score (nSPS) is 22.9. The van der Waals surface area contributed by atoms with E-state index in [4.69, 9.17) is 22.0 Å². The molecule has 1 aliphatic rings. The van der Waals surface area contributed by atoms with Crippen LogP contribution in [0.3, 0.4) is 0 Å². The van der Waals surface area contributed by atoms with Crippen LogP contribution in [0.5, 0.6) is 0 Å². The van der Waals surface area contributed by atoms with E-state index in [0.29, 0.717) is 0 Å². The Bertz CT molecular complexity index is 726. The summed E-state index contributed by atoms with van der Waals surface area (Å²) in [7, 11) is -3.87. The number of nitriles is 1. The van der Waals surface area contributed by atoms with Crippen molar-refractivity contribution >= 4 is 27.6 Å². The standard InChI is InChI=1S/C13H13ClN2O4S/c1-8-6-16(7-10(8)13(17)18)21(19,20)12-3-2-9(5-15)4-11(12)14/h2-4,8,10H,6-7H2,1H3,(H,17,18)/t8-,10-/m1/s1. The Labute approximate surface area is 127 Å². The number of carboxylic acid groups (broad SMARTS) is 1. The van der Waals surface area contributed by atoms with Gasteiger partial charge in [-0.25, -0.2) is 8.42 Å². The van der Waals surface area contributed by atoms with Crippen LogP contribution >= 0.6 is 11.6 Å². The Kier molecular flexibility index (Phi) is 4.23. The van der Waals surface area contributed by atoms with Gasteiger partial charge in [-0.1, -0.05) is 18.5 Å². The van der Waals surface area contributed by atoms with E-state index in [-0.39, 0.29) is 34.5 Å². The second-order valence-corrected chi connectivity index (χ2v) is 7.31. The van der Waals surface area contributed by atoms with Gasteiger partial charge in [0.05, 0.1) is 22.6 Å². The quantitative estimate of drug-likeness (QED) is 0.907. The molecule has 1 fully saturated rings. The predicted molar refractivity (Wildman–Crippen MR) is 75.2 cm³/mol. The number of halogens is 1. The topological polar surface area (TPSA) is 98.5 Å². The molecule has 2 rings (SSSR count). The van der Waals surface area contributed by atoms with Gasteiger partial charge in [-0.2, -0.15) is 9.57 Å². The number of rotatable bonds is 3. The molecule has 0 bridgehead atoms. The SMILES string of the molecule is C[C@@H]1CN(S(=O)(=O)c2ccc(C#N)cc2Cl)C[C@H]1C(=O)O. The molecule has 0 aliphatic carbocycles. The maximum Gasteiger partial charge on any atom is 0.308 e. The minimum atomic E-state index is -3.87. The molecule has 0 saturated carbocycles. The number of hydrogen-bond donors (Lipinski definition) is 1. The monoisotopic (exact) mass is 328 g/mol. The van der Waals surface area contributed by atoms with E-state index in [1.807, 2.05) is 6.07 Å². The summed E-state index contributed by atoms with van der Waals surface area (Å²) in [4.78, 5) is 11.0. The van der Waals surface area contributed by atoms with Crippen molar-refractivity contribution in [2.75, 3.05) is 13.1 Å². The smallest absolute Gasteiger partial charge is 0.308 e. The van der Waals surface area contributed by atoms with Crippen molar-refractivity contribution in [2.45, 2.75) is 11.8 Å². The van der Waals surface area contributed by atoms with Crippen molar-refractivity contribution < 1.29 is 18.3 Å². The van der Waals surface area contributed by atoms with Gasteiger partial charge in [0.2, 0.25) is 10.0 Å². The summed E-state index contributed by atoms with van der Waals surface area (Å²) in [6, 6.07) is 5.80. The van der Waals surface area contributed by atoms with Crippen molar-refractivity contribution in [3.05, 3.63) is 28.8 Å². The molecule has 0 radical (unpaired) electrons. The molecule has 0 aromatic heterocycles. The van der Waals surface area contributed by atoms with E-state index < -0.39 is 21.9 Å². The molecule has 0 unspecified atom stereocenters. The maximum atomic E-state index is 12.5. The first-order chi connectivity index (χ1) is 9.77. The number of benzene rings is 1. The van der Waals surface area contributed by atoms with Gasteiger partial charge in [0.25, 0.3) is 0 Å². The van der Waals surface area contributed by atoms with Crippen LogP contribution in [-0.2, 0) is 14.8 Å². The number of carboxylic acids is 1. The fourth-order valence-corrected chi connectivity index (χ4v) is 4.44. The van der Waals surface area contributed by atoms with Crippen LogP contribution in [0, 0.1) is 23.2 Å². The lowest BCUT2D eigenvalue weighted by molar-refractivity contribution is -0.142. The van der Waals surface area contributed by atoms with Crippen molar-refractivity contribution in [1.82, 2.24) is 4.31 Å². The minimum absolute atomic E-state index is 0.0412. The van der Waals surface area contributed by atoms with Crippen molar-refractivity contribution in [3.8, 4) is 6.07 Å². The molecule has 0 spiro atoms. The third-order valence-electron chi connectivity index (χ3n) is 3.57. The fourth-order valence-electron chi connectivity index (χ4n) is 2.36. The second-order valence-electron chi connectivity index (χ2n) is 5.00. The van der Waals surface area contributed by atoms with Crippen molar-refractivity contribution in [2.24, 2.45) is 11.8 Å². The maximum absolute atomic E-state index is 12.5. The van der Waals surface area contributed by atoms with Gasteiger partial charge < -0.3 is 5.11 Å². The van der Waals surface area contributed by atoms with Crippen LogP contribution in [-0.4, -0.2) is 36.9 Å². The zero-order valence-corrected chi connectivity index (χ0v) is 12.7. The van der Waals surface area contributed by atoms with E-state index in [9.17, 15) is 13.2 Å². The number of aliphatic carboxylic acids is 1. The first-order valence-electron chi connectivity index (χ1n) is 6.20. The first kappa shape index (κ1) is 15.8. The summed E-state index contributed by atoms with van der Waals surface area (Å²) in [6.45, 7) is 1.76. The van der Waals surface area contributed by atoms with Crippen molar-refractivity contribution in [3.63, 3.8) is 0 Å². The van der Waals surface area contributed by atoms with Crippen LogP contribution < -0.4 is 0 Å². The van der Waals surface area contributed by atoms with E-state index in [0.717, 1.165) is 4.31 Å². The minimum Gasteiger partial charge on any atom is -0.481 e. The molecule has 1 aromatic rings. The molecular formula is C13H13ClN2O4S. The van der Waals surface area contributed by atoms with Crippen LogP contribution in [0.15, 0.2) is 23.1 Å². The Morgan fingerprint density at radius 2 is 2.14 bits per heavy atom. The summed E-state index contributed by atoms with van der Waals surface area (Å²) in [5, 5.41) is 17.8. The largest absolute Gasteiger partial charge is 0.481 e. The highest BCUT2D eigenvalue weighted by molar-refractivity contribution is 7.89. The van der Waals surface area contributed by atoms with E-state index in [1.54, 1.807) is 6.92 Å². The molecule has 1 aromatic carbocycles. The van der Waals surface area contributed by atoms with Gasteiger partial charge in [-0.15, -0.1) is 0 Å². The lowest BCUT2D eigenvalue weighted by atomic mass is 9.99. The Hall–Kier alpha value is -1.62. The van der Waals surface area contributed by atoms with Gasteiger partial charge >= 0.3 is 5.97 Å². The zero-order valence-electron chi connectivity index (χ0n) is 11.2. The van der Waals surface area contributed by atoms with E-state index in [2.05, 4.69) is 0 Å². The summed E-state index contributed by atoms with van der Waals surface area (Å²) in [5.74, 6) is -2.00. The molecule has 1 heterocycles. The number of hydrogen-bond acceptors (Lipinski definition) is 4. The van der Waals surface area contributed by atoms with Crippen LogP contribution in [0.4, 0.5) is 0 Å². The average Bonchev–Trinajstić information content (AvgIpc) is 2.81. The molecule has 1 saturated heterocycles. The van der Waals surface area contributed by atoms with Gasteiger partial charge in [-0.3, -0.25) is 4.79 Å². The van der Waals surface area contributed by atoms with Gasteiger partial charge in [0.15, 0.2) is 0 Å². The second kappa shape index (κ2) is 5.64. The number of carbonyl (C=O) groups is 1. The van der Waals surface area contributed by atoms with Gasteiger partial charge in [0.1, 0.15) is 4.90 Å². The fraction of sp³-hybridized carbons (Fsp3) is 0.385. The number of sulfonamides is 1. The highest BCUT2D eigenvalue weighted by Crippen LogP contribution is 2.31. The summed E-state index contributed by atoms with van der Waals surface area (Å²) >= 11 is 5.93. The lowest BCUT2D eigenvalue weighted by Gasteiger charge is -2.17. The summed E-state index contributed by atoms with van der Waals surface area (Å²) < 4.78 is 26.2. The van der Waals surface area contributed by atoms with E-state index in [1.165, 1.54) is 18.2 Å². The third kappa shape index (κ3) is 2.88. The molecule has 1 N–H and O–H groups in total. The molecule has 0 amide bonds. The van der Waals surface area contributed by atoms with Crippen LogP contribution in [0.2, 0.25) is 5.02 Å². The lowest BCUT2D eigenvalue weighted by Crippen LogP contribution is -2.30. The number of nitrogens with zero attached hydrogens (tertiary/aromatic N) is 2. The van der Waals surface area contributed by atoms with Gasteiger partial charge in [-0.05, 0) is 24.1 Å². The molecule has 2 atom stereocenters. The third-order valence-corrected chi connectivity index (χ3v) is 5.89. The molecule has 1 aliphatic heterocycles. The first-order valence-corrected chi connectivity index (χ1v) is 8.01. The van der Waals surface area contributed by atoms with Gasteiger partial charge in [0, 0.05) is 13.1 Å². The highest BCUT2D eigenvalue weighted by Gasteiger charge is 2.41. The summed E-state index contributed by atoms with van der Waals surface area (Å²) in [6.07, 6.45) is 0. The van der Waals surface area contributed by atoms with E-state index >= 15 is 0 Å². The molecular weight excluding hydrogens is 316 g/mol. The zero-order chi connectivity index (χ0) is 15.8. The predicted octanol–water partition coefficient (Wildman–Crippen LogP) is 1.55. The Balaban J connectivity index is 2.36. The molecule has 8 heteroatoms. The molecule has 21 heavy (non-hydrogen) atoms. The average molecular weight is 329 g/mol. The molecule has 6 nitrogen and oxygen atoms in total. The van der Waals surface area contributed by atoms with Crippen LogP contribution in [0.1, 0.15) is 12.5 Å². The Morgan fingerprint density at radius 3 is 2.62 bits per heavy atom. The molecule has 112 valence electrons. The van der Waals surface area contributed by atoms with Crippen LogP contribution in [0.25, 0.3) is 0 Å². The summed E-state index contributed by atoms with van der Waals surface area (Å²) in [5.41, 5.74) is 0.261. The van der Waals surface area contributed by atoms with Crippen molar-refractivity contribution in [1.29, 1.82) is 5.26 Å². The Morgan fingerprint density at radius 1 is 1.48 bits per heavy atom.